The number of nitrogens with one attached hydrogen (secondary N) is 2. The van der Waals surface area contributed by atoms with E-state index < -0.39 is 10.0 Å². The Labute approximate surface area is 162 Å². The fourth-order valence-electron chi connectivity index (χ4n) is 2.37. The van der Waals surface area contributed by atoms with Gasteiger partial charge in [0.2, 0.25) is 10.0 Å². The second kappa shape index (κ2) is 8.66. The van der Waals surface area contributed by atoms with E-state index in [9.17, 15) is 13.2 Å². The van der Waals surface area contributed by atoms with Gasteiger partial charge >= 0.3 is 0 Å². The molecule has 0 heterocycles. The molecule has 0 saturated heterocycles. The number of halogens is 1. The van der Waals surface area contributed by atoms with Gasteiger partial charge in [-0.15, -0.1) is 0 Å². The van der Waals surface area contributed by atoms with Crippen LogP contribution in [0, 0.1) is 0 Å². The summed E-state index contributed by atoms with van der Waals surface area (Å²) in [7, 11) is -1.94. The highest BCUT2D eigenvalue weighted by Gasteiger charge is 2.16. The third kappa shape index (κ3) is 4.84. The summed E-state index contributed by atoms with van der Waals surface area (Å²) in [6, 6.07) is 11.2. The Bertz CT molecular complexity index is 883. The van der Waals surface area contributed by atoms with Crippen LogP contribution in [0.4, 0.5) is 0 Å². The number of hydrogen-bond donors (Lipinski definition) is 2. The molecule has 0 bridgehead atoms. The van der Waals surface area contributed by atoms with E-state index in [-0.39, 0.29) is 16.8 Å². The molecule has 1 atom stereocenters. The lowest BCUT2D eigenvalue weighted by Crippen LogP contribution is -2.27. The Morgan fingerprint density at radius 2 is 1.85 bits per heavy atom. The van der Waals surface area contributed by atoms with Gasteiger partial charge in [0.1, 0.15) is 5.75 Å². The van der Waals surface area contributed by atoms with E-state index in [1.54, 1.807) is 14.0 Å². The molecule has 8 heteroatoms. The summed E-state index contributed by atoms with van der Waals surface area (Å²) in [5, 5.41) is 2.89. The highest BCUT2D eigenvalue weighted by Crippen LogP contribution is 2.28. The molecule has 0 aliphatic carbocycles. The summed E-state index contributed by atoms with van der Waals surface area (Å²) < 4.78 is 32.3. The summed E-state index contributed by atoms with van der Waals surface area (Å²) >= 11 is 3.43. The molecule has 2 rings (SSSR count). The van der Waals surface area contributed by atoms with Crippen molar-refractivity contribution < 1.29 is 17.9 Å². The first-order valence-corrected chi connectivity index (χ1v) is 10.3. The number of benzene rings is 2. The molecule has 2 aromatic carbocycles. The highest BCUT2D eigenvalue weighted by molar-refractivity contribution is 9.10. The standard InChI is InChI=1S/C18H21BrN2O4S/c1-4-20-26(23,24)15-8-5-13(6-9-15)18(22)21-12(2)14-7-10-17(25-3)16(19)11-14/h5-12,20H,4H2,1-3H3,(H,21,22). The fourth-order valence-corrected chi connectivity index (χ4v) is 3.97. The van der Waals surface area contributed by atoms with Crippen molar-refractivity contribution in [1.29, 1.82) is 0 Å². The molecule has 0 saturated carbocycles. The third-order valence-corrected chi connectivity index (χ3v) is 5.97. The van der Waals surface area contributed by atoms with Crippen molar-refractivity contribution in [1.82, 2.24) is 10.0 Å². The van der Waals surface area contributed by atoms with Crippen molar-refractivity contribution >= 4 is 31.9 Å². The van der Waals surface area contributed by atoms with Crippen molar-refractivity contribution in [3.05, 3.63) is 58.1 Å². The van der Waals surface area contributed by atoms with E-state index in [4.69, 9.17) is 4.74 Å². The fraction of sp³-hybridized carbons (Fsp3) is 0.278. The molecule has 1 amide bonds. The Morgan fingerprint density at radius 3 is 2.38 bits per heavy atom. The van der Waals surface area contributed by atoms with Crippen LogP contribution < -0.4 is 14.8 Å². The normalized spacial score (nSPS) is 12.5. The zero-order valence-corrected chi connectivity index (χ0v) is 17.1. The monoisotopic (exact) mass is 440 g/mol. The van der Waals surface area contributed by atoms with Crippen molar-refractivity contribution in [3.63, 3.8) is 0 Å². The van der Waals surface area contributed by atoms with Gasteiger partial charge in [-0.05, 0) is 64.8 Å². The number of carbonyl (C=O) groups is 1. The zero-order chi connectivity index (χ0) is 19.3. The number of ether oxygens (including phenoxy) is 1. The average molecular weight is 441 g/mol. The van der Waals surface area contributed by atoms with Crippen LogP contribution in [0.15, 0.2) is 51.8 Å². The van der Waals surface area contributed by atoms with Crippen molar-refractivity contribution in [3.8, 4) is 5.75 Å². The second-order valence-corrected chi connectivity index (χ2v) is 8.24. The minimum Gasteiger partial charge on any atom is -0.496 e. The lowest BCUT2D eigenvalue weighted by atomic mass is 10.1. The van der Waals surface area contributed by atoms with E-state index >= 15 is 0 Å². The van der Waals surface area contributed by atoms with Crippen LogP contribution in [-0.2, 0) is 10.0 Å². The van der Waals surface area contributed by atoms with Crippen molar-refractivity contribution in [2.45, 2.75) is 24.8 Å². The Balaban J connectivity index is 2.11. The maximum absolute atomic E-state index is 12.4. The van der Waals surface area contributed by atoms with Crippen LogP contribution in [-0.4, -0.2) is 28.0 Å². The molecule has 0 radical (unpaired) electrons. The average Bonchev–Trinajstić information content (AvgIpc) is 2.61. The number of amides is 1. The quantitative estimate of drug-likeness (QED) is 0.691. The Hall–Kier alpha value is -1.90. The van der Waals surface area contributed by atoms with Crippen molar-refractivity contribution in [2.75, 3.05) is 13.7 Å². The number of hydrogen-bond acceptors (Lipinski definition) is 4. The number of methoxy groups -OCH3 is 1. The zero-order valence-electron chi connectivity index (χ0n) is 14.7. The molecule has 6 nitrogen and oxygen atoms in total. The predicted molar refractivity (Wildman–Crippen MR) is 104 cm³/mol. The number of carbonyl (C=O) groups excluding carboxylic acids is 1. The number of rotatable bonds is 7. The van der Waals surface area contributed by atoms with Gasteiger partial charge in [0.05, 0.1) is 22.5 Å². The van der Waals surface area contributed by atoms with Gasteiger partial charge in [0, 0.05) is 12.1 Å². The van der Waals surface area contributed by atoms with E-state index in [2.05, 4.69) is 26.0 Å². The molecule has 0 aliphatic rings. The first-order chi connectivity index (χ1) is 12.3. The third-order valence-electron chi connectivity index (χ3n) is 3.78. The maximum Gasteiger partial charge on any atom is 0.251 e. The van der Waals surface area contributed by atoms with Gasteiger partial charge < -0.3 is 10.1 Å². The molecule has 0 aromatic heterocycles. The Morgan fingerprint density at radius 1 is 1.19 bits per heavy atom. The van der Waals surface area contributed by atoms with Crippen LogP contribution in [0.3, 0.4) is 0 Å². The molecule has 2 N–H and O–H groups in total. The molecule has 1 unspecified atom stereocenters. The summed E-state index contributed by atoms with van der Waals surface area (Å²) in [5.41, 5.74) is 1.30. The second-order valence-electron chi connectivity index (χ2n) is 5.61. The lowest BCUT2D eigenvalue weighted by molar-refractivity contribution is 0.0940. The Kier molecular flexibility index (Phi) is 6.80. The largest absolute Gasteiger partial charge is 0.496 e. The first-order valence-electron chi connectivity index (χ1n) is 8.02. The molecule has 0 aliphatic heterocycles. The summed E-state index contributed by atoms with van der Waals surface area (Å²) in [4.78, 5) is 12.5. The van der Waals surface area contributed by atoms with Crippen LogP contribution in [0.25, 0.3) is 0 Å². The molecular weight excluding hydrogens is 420 g/mol. The van der Waals surface area contributed by atoms with E-state index in [1.165, 1.54) is 24.3 Å². The molecular formula is C18H21BrN2O4S. The minimum absolute atomic E-state index is 0.128. The van der Waals surface area contributed by atoms with Crippen LogP contribution >= 0.6 is 15.9 Å². The molecule has 0 fully saturated rings. The SMILES string of the molecule is CCNS(=O)(=O)c1ccc(C(=O)NC(C)c2ccc(OC)c(Br)c2)cc1. The smallest absolute Gasteiger partial charge is 0.251 e. The van der Waals surface area contributed by atoms with E-state index in [0.717, 1.165) is 10.0 Å². The van der Waals surface area contributed by atoms with Crippen LogP contribution in [0.5, 0.6) is 5.75 Å². The summed E-state index contributed by atoms with van der Waals surface area (Å²) in [5.74, 6) is 0.432. The first kappa shape index (κ1) is 20.4. The molecule has 26 heavy (non-hydrogen) atoms. The van der Waals surface area contributed by atoms with E-state index in [0.29, 0.717) is 17.9 Å². The topological polar surface area (TPSA) is 84.5 Å². The maximum atomic E-state index is 12.4. The summed E-state index contributed by atoms with van der Waals surface area (Å²) in [6.45, 7) is 3.88. The van der Waals surface area contributed by atoms with Gasteiger partial charge in [-0.1, -0.05) is 13.0 Å². The van der Waals surface area contributed by atoms with Gasteiger partial charge in [-0.3, -0.25) is 4.79 Å². The highest BCUT2D eigenvalue weighted by atomic mass is 79.9. The van der Waals surface area contributed by atoms with Crippen LogP contribution in [0.2, 0.25) is 0 Å². The van der Waals surface area contributed by atoms with E-state index in [1.807, 2.05) is 25.1 Å². The van der Waals surface area contributed by atoms with Gasteiger partial charge in [0.15, 0.2) is 0 Å². The minimum atomic E-state index is -3.53. The molecule has 140 valence electrons. The van der Waals surface area contributed by atoms with Crippen molar-refractivity contribution in [2.24, 2.45) is 0 Å². The van der Waals surface area contributed by atoms with Gasteiger partial charge in [0.25, 0.3) is 5.91 Å². The predicted octanol–water partition coefficient (Wildman–Crippen LogP) is 3.25. The van der Waals surface area contributed by atoms with Gasteiger partial charge in [-0.2, -0.15) is 0 Å². The molecule has 2 aromatic rings. The lowest BCUT2D eigenvalue weighted by Gasteiger charge is -2.16. The van der Waals surface area contributed by atoms with Crippen LogP contribution in [0.1, 0.15) is 35.8 Å². The summed E-state index contributed by atoms with van der Waals surface area (Å²) in [6.07, 6.45) is 0. The number of sulfonamides is 1. The van der Waals surface area contributed by atoms with Gasteiger partial charge in [-0.25, -0.2) is 13.1 Å². The molecule has 0 spiro atoms.